The van der Waals surface area contributed by atoms with E-state index >= 15 is 0 Å². The zero-order chi connectivity index (χ0) is 13.8. The predicted molar refractivity (Wildman–Crippen MR) is 81.0 cm³/mol. The lowest BCUT2D eigenvalue weighted by Gasteiger charge is -2.20. The fourth-order valence-electron chi connectivity index (χ4n) is 2.05. The molecule has 2 aromatic rings. The zero-order valence-electron chi connectivity index (χ0n) is 11.0. The van der Waals surface area contributed by atoms with E-state index in [1.807, 2.05) is 37.3 Å². The van der Waals surface area contributed by atoms with Crippen molar-refractivity contribution in [3.8, 4) is 0 Å². The van der Waals surface area contributed by atoms with E-state index in [4.69, 9.17) is 23.2 Å². The number of aryl methyl sites for hydroxylation is 1. The van der Waals surface area contributed by atoms with Crippen LogP contribution in [-0.2, 0) is 0 Å². The molecule has 19 heavy (non-hydrogen) atoms. The lowest BCUT2D eigenvalue weighted by atomic mass is 10.0. The third-order valence-electron chi connectivity index (χ3n) is 2.91. The Labute approximate surface area is 123 Å². The van der Waals surface area contributed by atoms with E-state index in [1.54, 1.807) is 6.07 Å². The third-order valence-corrected chi connectivity index (χ3v) is 3.74. The molecule has 0 saturated heterocycles. The molecule has 2 nitrogen and oxygen atoms in total. The Kier molecular flexibility index (Phi) is 4.81. The smallest absolute Gasteiger partial charge is 0.0766 e. The average Bonchev–Trinajstić information content (AvgIpc) is 2.40. The molecule has 0 saturated carbocycles. The van der Waals surface area contributed by atoms with E-state index in [-0.39, 0.29) is 6.04 Å². The molecular weight excluding hydrogens is 279 g/mol. The largest absolute Gasteiger partial charge is 0.305 e. The lowest BCUT2D eigenvalue weighted by molar-refractivity contribution is 0.614. The van der Waals surface area contributed by atoms with Crippen LogP contribution in [0.1, 0.15) is 29.9 Å². The van der Waals surface area contributed by atoms with Crippen molar-refractivity contribution in [1.29, 1.82) is 0 Å². The SMILES string of the molecule is CCNC(c1cccc(C)n1)c1cccc(Cl)c1Cl. The normalized spacial score (nSPS) is 12.4. The van der Waals surface area contributed by atoms with Crippen LogP contribution in [-0.4, -0.2) is 11.5 Å². The van der Waals surface area contributed by atoms with Gasteiger partial charge in [0.25, 0.3) is 0 Å². The predicted octanol–water partition coefficient (Wildman–Crippen LogP) is 4.40. The van der Waals surface area contributed by atoms with Gasteiger partial charge >= 0.3 is 0 Å². The van der Waals surface area contributed by atoms with Crippen molar-refractivity contribution >= 4 is 23.2 Å². The van der Waals surface area contributed by atoms with Crippen LogP contribution in [0, 0.1) is 6.92 Å². The first-order valence-electron chi connectivity index (χ1n) is 6.24. The standard InChI is InChI=1S/C15H16Cl2N2/c1-3-18-15(13-9-4-6-10(2)19-13)11-7-5-8-12(16)14(11)17/h4-9,15,18H,3H2,1-2H3. The summed E-state index contributed by atoms with van der Waals surface area (Å²) in [5.74, 6) is 0. The minimum Gasteiger partial charge on any atom is -0.305 e. The van der Waals surface area contributed by atoms with E-state index in [9.17, 15) is 0 Å². The van der Waals surface area contributed by atoms with E-state index < -0.39 is 0 Å². The van der Waals surface area contributed by atoms with E-state index in [0.29, 0.717) is 10.0 Å². The van der Waals surface area contributed by atoms with Crippen LogP contribution in [0.3, 0.4) is 0 Å². The monoisotopic (exact) mass is 294 g/mol. The molecule has 1 heterocycles. The van der Waals surface area contributed by atoms with Gasteiger partial charge in [0.2, 0.25) is 0 Å². The van der Waals surface area contributed by atoms with Crippen LogP contribution in [0.5, 0.6) is 0 Å². The van der Waals surface area contributed by atoms with Crippen LogP contribution < -0.4 is 5.32 Å². The van der Waals surface area contributed by atoms with Gasteiger partial charge in [0.05, 0.1) is 21.8 Å². The Hall–Kier alpha value is -1.09. The maximum Gasteiger partial charge on any atom is 0.0766 e. The van der Waals surface area contributed by atoms with Crippen molar-refractivity contribution in [3.05, 3.63) is 63.4 Å². The quantitative estimate of drug-likeness (QED) is 0.904. The summed E-state index contributed by atoms with van der Waals surface area (Å²) in [6.45, 7) is 4.86. The second-order valence-corrected chi connectivity index (χ2v) is 5.12. The summed E-state index contributed by atoms with van der Waals surface area (Å²) < 4.78 is 0. The van der Waals surface area contributed by atoms with Crippen molar-refractivity contribution in [3.63, 3.8) is 0 Å². The van der Waals surface area contributed by atoms with Crippen LogP contribution >= 0.6 is 23.2 Å². The van der Waals surface area contributed by atoms with Gasteiger partial charge in [-0.3, -0.25) is 4.98 Å². The molecule has 100 valence electrons. The van der Waals surface area contributed by atoms with Crippen LogP contribution in [0.25, 0.3) is 0 Å². The summed E-state index contributed by atoms with van der Waals surface area (Å²) in [6.07, 6.45) is 0. The molecule has 4 heteroatoms. The fraction of sp³-hybridized carbons (Fsp3) is 0.267. The van der Waals surface area contributed by atoms with Gasteiger partial charge in [-0.15, -0.1) is 0 Å². The number of aromatic nitrogens is 1. The number of hydrogen-bond acceptors (Lipinski definition) is 2. The van der Waals surface area contributed by atoms with Gasteiger partial charge in [0.15, 0.2) is 0 Å². The number of hydrogen-bond donors (Lipinski definition) is 1. The number of benzene rings is 1. The van der Waals surface area contributed by atoms with Gasteiger partial charge in [0, 0.05) is 5.69 Å². The van der Waals surface area contributed by atoms with Crippen molar-refractivity contribution in [2.75, 3.05) is 6.54 Å². The van der Waals surface area contributed by atoms with Crippen molar-refractivity contribution in [1.82, 2.24) is 10.3 Å². The second kappa shape index (κ2) is 6.38. The molecule has 2 rings (SSSR count). The molecule has 1 aromatic carbocycles. The van der Waals surface area contributed by atoms with Gasteiger partial charge < -0.3 is 5.32 Å². The lowest BCUT2D eigenvalue weighted by Crippen LogP contribution is -2.23. The topological polar surface area (TPSA) is 24.9 Å². The highest BCUT2D eigenvalue weighted by molar-refractivity contribution is 6.42. The van der Waals surface area contributed by atoms with Crippen molar-refractivity contribution in [2.45, 2.75) is 19.9 Å². The number of halogens is 2. The third kappa shape index (κ3) is 3.27. The van der Waals surface area contributed by atoms with Gasteiger partial charge in [-0.25, -0.2) is 0 Å². The van der Waals surface area contributed by atoms with E-state index in [2.05, 4.69) is 17.2 Å². The van der Waals surface area contributed by atoms with E-state index in [1.165, 1.54) is 0 Å². The maximum absolute atomic E-state index is 6.31. The van der Waals surface area contributed by atoms with Gasteiger partial charge in [-0.1, -0.05) is 48.3 Å². The Bertz CT molecular complexity index is 570. The second-order valence-electron chi connectivity index (χ2n) is 4.34. The Balaban J connectivity index is 2.48. The molecule has 0 bridgehead atoms. The molecule has 0 amide bonds. The molecular formula is C15H16Cl2N2. The van der Waals surface area contributed by atoms with Crippen LogP contribution in [0.4, 0.5) is 0 Å². The minimum absolute atomic E-state index is 0.0453. The first-order chi connectivity index (χ1) is 9.13. The molecule has 1 unspecified atom stereocenters. The molecule has 0 fully saturated rings. The first kappa shape index (κ1) is 14.3. The van der Waals surface area contributed by atoms with Crippen LogP contribution in [0.15, 0.2) is 36.4 Å². The summed E-state index contributed by atoms with van der Waals surface area (Å²) in [6, 6.07) is 11.6. The molecule has 0 aliphatic rings. The molecule has 1 atom stereocenters. The molecule has 0 spiro atoms. The van der Waals surface area contributed by atoms with Crippen molar-refractivity contribution < 1.29 is 0 Å². The summed E-state index contributed by atoms with van der Waals surface area (Å²) in [4.78, 5) is 4.58. The number of nitrogens with zero attached hydrogens (tertiary/aromatic N) is 1. The highest BCUT2D eigenvalue weighted by Crippen LogP contribution is 2.32. The van der Waals surface area contributed by atoms with Crippen molar-refractivity contribution in [2.24, 2.45) is 0 Å². The van der Waals surface area contributed by atoms with Gasteiger partial charge in [0.1, 0.15) is 0 Å². The molecule has 1 N–H and O–H groups in total. The highest BCUT2D eigenvalue weighted by atomic mass is 35.5. The number of nitrogens with one attached hydrogen (secondary N) is 1. The number of rotatable bonds is 4. The van der Waals surface area contributed by atoms with E-state index in [0.717, 1.165) is 23.5 Å². The first-order valence-corrected chi connectivity index (χ1v) is 7.00. The Morgan fingerprint density at radius 3 is 2.58 bits per heavy atom. The molecule has 0 aliphatic heterocycles. The maximum atomic E-state index is 6.31. The summed E-state index contributed by atoms with van der Waals surface area (Å²) in [5, 5.41) is 4.55. The van der Waals surface area contributed by atoms with Crippen LogP contribution in [0.2, 0.25) is 10.0 Å². The summed E-state index contributed by atoms with van der Waals surface area (Å²) >= 11 is 12.4. The number of pyridine rings is 1. The van der Waals surface area contributed by atoms with Gasteiger partial charge in [-0.2, -0.15) is 0 Å². The highest BCUT2D eigenvalue weighted by Gasteiger charge is 2.18. The Morgan fingerprint density at radius 2 is 1.89 bits per heavy atom. The molecule has 0 aliphatic carbocycles. The zero-order valence-corrected chi connectivity index (χ0v) is 12.5. The summed E-state index contributed by atoms with van der Waals surface area (Å²) in [5.41, 5.74) is 2.89. The fourth-order valence-corrected chi connectivity index (χ4v) is 2.46. The minimum atomic E-state index is -0.0453. The summed E-state index contributed by atoms with van der Waals surface area (Å²) in [7, 11) is 0. The average molecular weight is 295 g/mol. The molecule has 1 aromatic heterocycles. The van der Waals surface area contributed by atoms with Gasteiger partial charge in [-0.05, 0) is 37.2 Å². The Morgan fingerprint density at radius 1 is 1.16 bits per heavy atom. The molecule has 0 radical (unpaired) electrons.